The Morgan fingerprint density at radius 3 is 3.00 bits per heavy atom. The van der Waals surface area contributed by atoms with Gasteiger partial charge in [-0.1, -0.05) is 12.1 Å². The van der Waals surface area contributed by atoms with Gasteiger partial charge in [0.2, 0.25) is 11.8 Å². The molecule has 110 valence electrons. The highest BCUT2D eigenvalue weighted by Gasteiger charge is 2.22. The zero-order valence-electron chi connectivity index (χ0n) is 12.0. The zero-order chi connectivity index (χ0) is 15.2. The summed E-state index contributed by atoms with van der Waals surface area (Å²) in [5.74, 6) is -0.0901. The standard InChI is InChI=1S/C15H18N4O2/c1-18(9-4-8-16)15(21)7-10-19-11-14(20)17-12-5-2-3-6-13(12)19/h2-3,5-6H,4,7,9-11H2,1H3,(H,17,20). The first-order chi connectivity index (χ1) is 10.1. The molecule has 0 saturated heterocycles. The number of carbonyl (C=O) groups is 2. The van der Waals surface area contributed by atoms with Crippen LogP contribution in [0.2, 0.25) is 0 Å². The molecule has 1 aliphatic heterocycles. The van der Waals surface area contributed by atoms with Crippen LogP contribution in [0.3, 0.4) is 0 Å². The number of amides is 2. The minimum atomic E-state index is -0.0704. The first-order valence-electron chi connectivity index (χ1n) is 6.86. The van der Waals surface area contributed by atoms with Gasteiger partial charge in [0.25, 0.3) is 0 Å². The predicted octanol–water partition coefficient (Wildman–Crippen LogP) is 1.21. The minimum Gasteiger partial charge on any atom is -0.360 e. The lowest BCUT2D eigenvalue weighted by molar-refractivity contribution is -0.129. The van der Waals surface area contributed by atoms with Gasteiger partial charge in [-0.2, -0.15) is 5.26 Å². The Morgan fingerprint density at radius 2 is 2.24 bits per heavy atom. The average Bonchev–Trinajstić information content (AvgIpc) is 2.49. The maximum absolute atomic E-state index is 12.0. The topological polar surface area (TPSA) is 76.4 Å². The van der Waals surface area contributed by atoms with Gasteiger partial charge < -0.3 is 15.1 Å². The number of hydrogen-bond donors (Lipinski definition) is 1. The average molecular weight is 286 g/mol. The molecule has 1 aromatic rings. The van der Waals surface area contributed by atoms with E-state index >= 15 is 0 Å². The Morgan fingerprint density at radius 1 is 1.48 bits per heavy atom. The molecular formula is C15H18N4O2. The van der Waals surface area contributed by atoms with Crippen molar-refractivity contribution in [1.29, 1.82) is 5.26 Å². The van der Waals surface area contributed by atoms with E-state index in [2.05, 4.69) is 5.32 Å². The highest BCUT2D eigenvalue weighted by molar-refractivity contribution is 6.01. The lowest BCUT2D eigenvalue weighted by Gasteiger charge is -2.31. The van der Waals surface area contributed by atoms with E-state index in [9.17, 15) is 9.59 Å². The second kappa shape index (κ2) is 6.75. The summed E-state index contributed by atoms with van der Waals surface area (Å²) in [5, 5.41) is 11.3. The third-order valence-electron chi connectivity index (χ3n) is 3.43. The van der Waals surface area contributed by atoms with E-state index in [1.807, 2.05) is 35.2 Å². The predicted molar refractivity (Wildman–Crippen MR) is 79.8 cm³/mol. The van der Waals surface area contributed by atoms with Crippen molar-refractivity contribution in [3.63, 3.8) is 0 Å². The van der Waals surface area contributed by atoms with Gasteiger partial charge in [-0.15, -0.1) is 0 Å². The second-order valence-corrected chi connectivity index (χ2v) is 4.96. The lowest BCUT2D eigenvalue weighted by Crippen LogP contribution is -2.40. The first-order valence-corrected chi connectivity index (χ1v) is 6.86. The lowest BCUT2D eigenvalue weighted by atomic mass is 10.2. The third kappa shape index (κ3) is 3.72. The van der Waals surface area contributed by atoms with E-state index in [1.54, 1.807) is 11.9 Å². The molecule has 0 unspecified atom stereocenters. The molecule has 6 nitrogen and oxygen atoms in total. The van der Waals surface area contributed by atoms with Crippen LogP contribution >= 0.6 is 0 Å². The van der Waals surface area contributed by atoms with E-state index in [1.165, 1.54) is 0 Å². The van der Waals surface area contributed by atoms with Gasteiger partial charge in [-0.25, -0.2) is 0 Å². The number of nitrogens with one attached hydrogen (secondary N) is 1. The molecule has 1 N–H and O–H groups in total. The molecule has 1 heterocycles. The summed E-state index contributed by atoms with van der Waals surface area (Å²) >= 11 is 0. The van der Waals surface area contributed by atoms with Gasteiger partial charge in [0.1, 0.15) is 0 Å². The Hall–Kier alpha value is -2.55. The molecule has 0 fully saturated rings. The van der Waals surface area contributed by atoms with Crippen molar-refractivity contribution in [1.82, 2.24) is 4.90 Å². The number of para-hydroxylation sites is 2. The van der Waals surface area contributed by atoms with Crippen LogP contribution in [-0.2, 0) is 9.59 Å². The fraction of sp³-hybridized carbons (Fsp3) is 0.400. The molecule has 0 radical (unpaired) electrons. The quantitative estimate of drug-likeness (QED) is 0.882. The molecule has 21 heavy (non-hydrogen) atoms. The number of benzene rings is 1. The summed E-state index contributed by atoms with van der Waals surface area (Å²) in [6.45, 7) is 1.18. The van der Waals surface area contributed by atoms with Crippen molar-refractivity contribution in [3.8, 4) is 6.07 Å². The molecule has 2 rings (SSSR count). The fourth-order valence-electron chi connectivity index (χ4n) is 2.27. The fourth-order valence-corrected chi connectivity index (χ4v) is 2.27. The molecule has 6 heteroatoms. The maximum Gasteiger partial charge on any atom is 0.243 e. The van der Waals surface area contributed by atoms with Gasteiger partial charge in [-0.3, -0.25) is 9.59 Å². The van der Waals surface area contributed by atoms with E-state index in [-0.39, 0.29) is 18.4 Å². The Balaban J connectivity index is 1.96. The summed E-state index contributed by atoms with van der Waals surface area (Å²) in [7, 11) is 1.69. The van der Waals surface area contributed by atoms with Crippen molar-refractivity contribution in [2.75, 3.05) is 36.9 Å². The number of rotatable bonds is 5. The van der Waals surface area contributed by atoms with E-state index < -0.39 is 0 Å². The van der Waals surface area contributed by atoms with Crippen LogP contribution in [0.5, 0.6) is 0 Å². The molecule has 1 aliphatic rings. The molecule has 0 bridgehead atoms. The van der Waals surface area contributed by atoms with Crippen LogP contribution in [0.25, 0.3) is 0 Å². The summed E-state index contributed by atoms with van der Waals surface area (Å²) in [6.07, 6.45) is 0.654. The number of anilines is 2. The van der Waals surface area contributed by atoms with Crippen molar-refractivity contribution in [2.45, 2.75) is 12.8 Å². The number of fused-ring (bicyclic) bond motifs is 1. The van der Waals surface area contributed by atoms with Crippen molar-refractivity contribution in [3.05, 3.63) is 24.3 Å². The van der Waals surface area contributed by atoms with Crippen molar-refractivity contribution in [2.24, 2.45) is 0 Å². The van der Waals surface area contributed by atoms with Crippen LogP contribution < -0.4 is 10.2 Å². The highest BCUT2D eigenvalue weighted by atomic mass is 16.2. The number of nitrogens with zero attached hydrogens (tertiary/aromatic N) is 3. The molecule has 0 spiro atoms. The number of hydrogen-bond acceptors (Lipinski definition) is 4. The molecule has 0 atom stereocenters. The summed E-state index contributed by atoms with van der Waals surface area (Å²) in [4.78, 5) is 27.1. The molecule has 0 aliphatic carbocycles. The smallest absolute Gasteiger partial charge is 0.243 e. The van der Waals surface area contributed by atoms with Gasteiger partial charge in [-0.05, 0) is 12.1 Å². The van der Waals surface area contributed by atoms with Crippen LogP contribution in [0.4, 0.5) is 11.4 Å². The zero-order valence-corrected chi connectivity index (χ0v) is 12.0. The van der Waals surface area contributed by atoms with Crippen LogP contribution in [0.1, 0.15) is 12.8 Å². The molecule has 0 saturated carbocycles. The number of carbonyl (C=O) groups excluding carboxylic acids is 2. The maximum atomic E-state index is 12.0. The second-order valence-electron chi connectivity index (χ2n) is 4.96. The van der Waals surface area contributed by atoms with Crippen LogP contribution in [-0.4, -0.2) is 43.4 Å². The third-order valence-corrected chi connectivity index (χ3v) is 3.43. The monoisotopic (exact) mass is 286 g/mol. The highest BCUT2D eigenvalue weighted by Crippen LogP contribution is 2.28. The molecule has 0 aromatic heterocycles. The normalized spacial score (nSPS) is 13.1. The number of nitriles is 1. The molecular weight excluding hydrogens is 268 g/mol. The van der Waals surface area contributed by atoms with Crippen molar-refractivity contribution >= 4 is 23.2 Å². The van der Waals surface area contributed by atoms with Crippen LogP contribution in [0, 0.1) is 11.3 Å². The van der Waals surface area contributed by atoms with Crippen molar-refractivity contribution < 1.29 is 9.59 Å². The van der Waals surface area contributed by atoms with E-state index in [4.69, 9.17) is 5.26 Å². The minimum absolute atomic E-state index is 0.0197. The molecule has 1 aromatic carbocycles. The summed E-state index contributed by atoms with van der Waals surface area (Å²) in [5.41, 5.74) is 1.71. The van der Waals surface area contributed by atoms with E-state index in [0.717, 1.165) is 11.4 Å². The Labute approximate surface area is 123 Å². The Kier molecular flexibility index (Phi) is 4.77. The largest absolute Gasteiger partial charge is 0.360 e. The van der Waals surface area contributed by atoms with Gasteiger partial charge in [0.05, 0.1) is 30.4 Å². The van der Waals surface area contributed by atoms with Crippen LogP contribution in [0.15, 0.2) is 24.3 Å². The summed E-state index contributed by atoms with van der Waals surface area (Å²) < 4.78 is 0. The first kappa shape index (κ1) is 14.9. The van der Waals surface area contributed by atoms with Gasteiger partial charge in [0.15, 0.2) is 0 Å². The SMILES string of the molecule is CN(CCC#N)C(=O)CCN1CC(=O)Nc2ccccc21. The molecule has 2 amide bonds. The van der Waals surface area contributed by atoms with Gasteiger partial charge in [0, 0.05) is 26.6 Å². The Bertz CT molecular complexity index is 579. The van der Waals surface area contributed by atoms with E-state index in [0.29, 0.717) is 25.9 Å². The summed E-state index contributed by atoms with van der Waals surface area (Å²) in [6, 6.07) is 9.57. The van der Waals surface area contributed by atoms with Gasteiger partial charge >= 0.3 is 0 Å².